The minimum atomic E-state index is -0.425. The first-order valence-corrected chi connectivity index (χ1v) is 6.83. The molecule has 0 bridgehead atoms. The molecule has 0 saturated carbocycles. The van der Waals surface area contributed by atoms with E-state index in [0.29, 0.717) is 25.3 Å². The molecule has 108 valence electrons. The van der Waals surface area contributed by atoms with Crippen molar-refractivity contribution in [3.05, 3.63) is 17.8 Å². The van der Waals surface area contributed by atoms with Gasteiger partial charge in [0.15, 0.2) is 5.69 Å². The van der Waals surface area contributed by atoms with Crippen LogP contribution in [0, 0.1) is 0 Å². The second-order valence-corrected chi connectivity index (χ2v) is 4.55. The molecule has 2 N–H and O–H groups in total. The topological polar surface area (TPSA) is 87.2 Å². The third-order valence-corrected chi connectivity index (χ3v) is 3.22. The zero-order chi connectivity index (χ0) is 14.5. The van der Waals surface area contributed by atoms with Crippen LogP contribution >= 0.6 is 0 Å². The summed E-state index contributed by atoms with van der Waals surface area (Å²) in [4.78, 5) is 25.7. The normalized spacial score (nSPS) is 18.6. The van der Waals surface area contributed by atoms with E-state index in [4.69, 9.17) is 0 Å². The van der Waals surface area contributed by atoms with Crippen LogP contribution in [0.15, 0.2) is 12.1 Å². The minimum absolute atomic E-state index is 0.107. The molecule has 1 aliphatic rings. The highest BCUT2D eigenvalue weighted by Gasteiger charge is 2.32. The first-order chi connectivity index (χ1) is 9.67. The van der Waals surface area contributed by atoms with Gasteiger partial charge < -0.3 is 15.5 Å². The molecule has 20 heavy (non-hydrogen) atoms. The van der Waals surface area contributed by atoms with Gasteiger partial charge in [-0.1, -0.05) is 6.92 Å². The SMILES string of the molecule is CCNc1ccc(C(=O)N2CCNC(=O)C2CC)nn1. The Hall–Kier alpha value is -2.18. The molecule has 7 nitrogen and oxygen atoms in total. The van der Waals surface area contributed by atoms with Gasteiger partial charge in [0.05, 0.1) is 0 Å². The molecule has 1 unspecified atom stereocenters. The highest BCUT2D eigenvalue weighted by molar-refractivity contribution is 5.96. The van der Waals surface area contributed by atoms with Crippen molar-refractivity contribution in [1.82, 2.24) is 20.4 Å². The number of nitrogens with one attached hydrogen (secondary N) is 2. The van der Waals surface area contributed by atoms with Crippen molar-refractivity contribution in [1.29, 1.82) is 0 Å². The van der Waals surface area contributed by atoms with Gasteiger partial charge in [0.2, 0.25) is 5.91 Å². The monoisotopic (exact) mass is 277 g/mol. The van der Waals surface area contributed by atoms with E-state index in [0.717, 1.165) is 6.54 Å². The van der Waals surface area contributed by atoms with Crippen LogP contribution in [0.1, 0.15) is 30.8 Å². The number of anilines is 1. The number of piperazine rings is 1. The number of hydrogen-bond donors (Lipinski definition) is 2. The van der Waals surface area contributed by atoms with Crippen molar-refractivity contribution in [3.8, 4) is 0 Å². The Morgan fingerprint density at radius 3 is 2.85 bits per heavy atom. The van der Waals surface area contributed by atoms with Crippen LogP contribution in [0.2, 0.25) is 0 Å². The van der Waals surface area contributed by atoms with Crippen LogP contribution in [-0.2, 0) is 4.79 Å². The van der Waals surface area contributed by atoms with Gasteiger partial charge >= 0.3 is 0 Å². The number of aromatic nitrogens is 2. The summed E-state index contributed by atoms with van der Waals surface area (Å²) in [6.45, 7) is 5.56. The minimum Gasteiger partial charge on any atom is -0.369 e. The molecule has 2 heterocycles. The summed E-state index contributed by atoms with van der Waals surface area (Å²) in [6, 6.07) is 2.92. The van der Waals surface area contributed by atoms with E-state index >= 15 is 0 Å². The fourth-order valence-corrected chi connectivity index (χ4v) is 2.23. The summed E-state index contributed by atoms with van der Waals surface area (Å²) in [5.41, 5.74) is 0.264. The average molecular weight is 277 g/mol. The molecule has 0 aromatic carbocycles. The van der Waals surface area contributed by atoms with E-state index in [1.807, 2.05) is 13.8 Å². The van der Waals surface area contributed by atoms with Crippen molar-refractivity contribution in [2.75, 3.05) is 25.0 Å². The summed E-state index contributed by atoms with van der Waals surface area (Å²) in [5, 5.41) is 13.7. The third-order valence-electron chi connectivity index (χ3n) is 3.22. The van der Waals surface area contributed by atoms with E-state index in [2.05, 4.69) is 20.8 Å². The van der Waals surface area contributed by atoms with Crippen molar-refractivity contribution in [2.45, 2.75) is 26.3 Å². The molecule has 1 fully saturated rings. The molecule has 1 aromatic rings. The molecule has 1 aromatic heterocycles. The second kappa shape index (κ2) is 6.31. The average Bonchev–Trinajstić information content (AvgIpc) is 2.47. The first-order valence-electron chi connectivity index (χ1n) is 6.83. The smallest absolute Gasteiger partial charge is 0.275 e. The van der Waals surface area contributed by atoms with Crippen LogP contribution < -0.4 is 10.6 Å². The fraction of sp³-hybridized carbons (Fsp3) is 0.538. The molecule has 0 aliphatic carbocycles. The predicted octanol–water partition coefficient (Wildman–Crippen LogP) is 0.259. The van der Waals surface area contributed by atoms with Gasteiger partial charge in [0.1, 0.15) is 11.9 Å². The van der Waals surface area contributed by atoms with Crippen LogP contribution in [-0.4, -0.2) is 52.6 Å². The maximum atomic E-state index is 12.4. The van der Waals surface area contributed by atoms with E-state index in [1.54, 1.807) is 17.0 Å². The zero-order valence-electron chi connectivity index (χ0n) is 11.7. The van der Waals surface area contributed by atoms with Gasteiger partial charge in [0.25, 0.3) is 5.91 Å². The van der Waals surface area contributed by atoms with Gasteiger partial charge in [-0.2, -0.15) is 0 Å². The Bertz CT molecular complexity index is 488. The molecular formula is C13H19N5O2. The maximum Gasteiger partial charge on any atom is 0.275 e. The van der Waals surface area contributed by atoms with E-state index < -0.39 is 6.04 Å². The highest BCUT2D eigenvalue weighted by atomic mass is 16.2. The quantitative estimate of drug-likeness (QED) is 0.824. The van der Waals surface area contributed by atoms with Crippen molar-refractivity contribution >= 4 is 17.6 Å². The Morgan fingerprint density at radius 1 is 1.45 bits per heavy atom. The Morgan fingerprint density at radius 2 is 2.25 bits per heavy atom. The van der Waals surface area contributed by atoms with Gasteiger partial charge in [-0.15, -0.1) is 10.2 Å². The molecule has 1 aliphatic heterocycles. The highest BCUT2D eigenvalue weighted by Crippen LogP contribution is 2.13. The molecular weight excluding hydrogens is 258 g/mol. The van der Waals surface area contributed by atoms with Crippen LogP contribution in [0.5, 0.6) is 0 Å². The number of carbonyl (C=O) groups excluding carboxylic acids is 2. The summed E-state index contributed by atoms with van der Waals surface area (Å²) < 4.78 is 0. The summed E-state index contributed by atoms with van der Waals surface area (Å²) in [6.07, 6.45) is 0.584. The third kappa shape index (κ3) is 2.87. The lowest BCUT2D eigenvalue weighted by molar-refractivity contribution is -0.127. The van der Waals surface area contributed by atoms with Gasteiger partial charge in [0, 0.05) is 19.6 Å². The molecule has 2 rings (SSSR count). The van der Waals surface area contributed by atoms with Crippen LogP contribution in [0.4, 0.5) is 5.82 Å². The van der Waals surface area contributed by atoms with Crippen LogP contribution in [0.3, 0.4) is 0 Å². The zero-order valence-corrected chi connectivity index (χ0v) is 11.7. The summed E-state index contributed by atoms with van der Waals surface area (Å²) in [5.74, 6) is 0.277. The van der Waals surface area contributed by atoms with E-state index in [-0.39, 0.29) is 17.5 Å². The fourth-order valence-electron chi connectivity index (χ4n) is 2.23. The maximum absolute atomic E-state index is 12.4. The largest absolute Gasteiger partial charge is 0.369 e. The lowest BCUT2D eigenvalue weighted by Gasteiger charge is -2.34. The molecule has 0 spiro atoms. The van der Waals surface area contributed by atoms with Gasteiger partial charge in [-0.05, 0) is 25.5 Å². The predicted molar refractivity (Wildman–Crippen MR) is 74.3 cm³/mol. The lowest BCUT2D eigenvalue weighted by Crippen LogP contribution is -2.57. The Balaban J connectivity index is 2.14. The summed E-state index contributed by atoms with van der Waals surface area (Å²) >= 11 is 0. The number of carbonyl (C=O) groups is 2. The first kappa shape index (κ1) is 14.2. The molecule has 7 heteroatoms. The lowest BCUT2D eigenvalue weighted by atomic mass is 10.1. The van der Waals surface area contributed by atoms with E-state index in [9.17, 15) is 9.59 Å². The number of nitrogens with zero attached hydrogens (tertiary/aromatic N) is 3. The van der Waals surface area contributed by atoms with E-state index in [1.165, 1.54) is 0 Å². The summed E-state index contributed by atoms with van der Waals surface area (Å²) in [7, 11) is 0. The van der Waals surface area contributed by atoms with Gasteiger partial charge in [-0.3, -0.25) is 9.59 Å². The Labute approximate surface area is 117 Å². The van der Waals surface area contributed by atoms with Crippen molar-refractivity contribution in [2.24, 2.45) is 0 Å². The van der Waals surface area contributed by atoms with Gasteiger partial charge in [-0.25, -0.2) is 0 Å². The molecule has 0 radical (unpaired) electrons. The Kier molecular flexibility index (Phi) is 4.49. The second-order valence-electron chi connectivity index (χ2n) is 4.55. The molecule has 1 atom stereocenters. The van der Waals surface area contributed by atoms with Crippen molar-refractivity contribution in [3.63, 3.8) is 0 Å². The molecule has 2 amide bonds. The standard InChI is InChI=1S/C13H19N5O2/c1-3-10-12(19)15-7-8-18(10)13(20)9-5-6-11(14-4-2)17-16-9/h5-6,10H,3-4,7-8H2,1-2H3,(H,14,17)(H,15,19). The number of rotatable bonds is 4. The van der Waals surface area contributed by atoms with Crippen molar-refractivity contribution < 1.29 is 9.59 Å². The number of amides is 2. The van der Waals surface area contributed by atoms with Crippen LogP contribution in [0.25, 0.3) is 0 Å². The number of hydrogen-bond acceptors (Lipinski definition) is 5. The molecule has 1 saturated heterocycles.